The molecule has 158 valence electrons. The Hall–Kier alpha value is -0.720. The Labute approximate surface area is 161 Å². The summed E-state index contributed by atoms with van der Waals surface area (Å²) < 4.78 is 65.7. The quantitative estimate of drug-likeness (QED) is 0.375. The first-order chi connectivity index (χ1) is 12.2. The van der Waals surface area contributed by atoms with Crippen LogP contribution >= 0.6 is 0 Å². The minimum Gasteiger partial charge on any atom is -0.381 e. The zero-order chi connectivity index (χ0) is 20.7. The fraction of sp³-hybridized carbons (Fsp3) is 0.900. The number of halogens is 3. The molecule has 0 bridgehead atoms. The van der Waals surface area contributed by atoms with E-state index in [-0.39, 0.29) is 17.1 Å². The summed E-state index contributed by atoms with van der Waals surface area (Å²) in [4.78, 5) is 0. The second-order valence-corrected chi connectivity index (χ2v) is 11.3. The average molecular weight is 411 g/mol. The van der Waals surface area contributed by atoms with Crippen LogP contribution in [0.3, 0.4) is 0 Å². The summed E-state index contributed by atoms with van der Waals surface area (Å²) in [6.07, 6.45) is 7.92. The highest BCUT2D eigenvalue weighted by atomic mass is 32.2. The zero-order valence-corrected chi connectivity index (χ0v) is 17.8. The molecule has 0 spiro atoms. The molecule has 0 heterocycles. The van der Waals surface area contributed by atoms with Crippen LogP contribution in [0.4, 0.5) is 13.2 Å². The summed E-state index contributed by atoms with van der Waals surface area (Å²) in [5.74, 6) is 0.591. The molecule has 0 aromatic rings. The predicted molar refractivity (Wildman–Crippen MR) is 100 cm³/mol. The lowest BCUT2D eigenvalue weighted by Gasteiger charge is -2.42. The van der Waals surface area contributed by atoms with Gasteiger partial charge in [-0.3, -0.25) is 0 Å². The van der Waals surface area contributed by atoms with Crippen LogP contribution in [0, 0.1) is 28.6 Å². The van der Waals surface area contributed by atoms with Crippen LogP contribution < -0.4 is 0 Å². The van der Waals surface area contributed by atoms with Crippen LogP contribution in [0.1, 0.15) is 79.6 Å². The number of alkyl halides is 3. The molecule has 2 aliphatic carbocycles. The molecule has 1 saturated carbocycles. The van der Waals surface area contributed by atoms with Gasteiger partial charge in [0.05, 0.1) is 0 Å². The molecule has 0 radical (unpaired) electrons. The highest BCUT2D eigenvalue weighted by Gasteiger charge is 2.54. The SMILES string of the molecule is C[C@@H](CCCC(C)(C)C)C1CCC2C(OS(=O)(=O)C(F)(F)F)=CCC[C@@]21C. The molecular formula is C20H33F3O3S. The second kappa shape index (κ2) is 7.60. The van der Waals surface area contributed by atoms with Gasteiger partial charge in [0.1, 0.15) is 5.76 Å². The Morgan fingerprint density at radius 1 is 1.26 bits per heavy atom. The molecule has 2 rings (SSSR count). The molecular weight excluding hydrogens is 377 g/mol. The molecule has 0 aromatic carbocycles. The third kappa shape index (κ3) is 5.01. The van der Waals surface area contributed by atoms with Gasteiger partial charge in [-0.2, -0.15) is 21.6 Å². The molecule has 0 aromatic heterocycles. The van der Waals surface area contributed by atoms with Crippen molar-refractivity contribution in [3.05, 3.63) is 11.8 Å². The van der Waals surface area contributed by atoms with Crippen molar-refractivity contribution in [2.45, 2.75) is 85.1 Å². The van der Waals surface area contributed by atoms with Crippen LogP contribution in [0.15, 0.2) is 11.8 Å². The maximum atomic E-state index is 12.7. The van der Waals surface area contributed by atoms with E-state index in [4.69, 9.17) is 0 Å². The van der Waals surface area contributed by atoms with E-state index in [0.717, 1.165) is 32.1 Å². The van der Waals surface area contributed by atoms with E-state index in [1.54, 1.807) is 6.08 Å². The molecule has 4 atom stereocenters. The van der Waals surface area contributed by atoms with Crippen molar-refractivity contribution in [2.24, 2.45) is 28.6 Å². The first kappa shape index (κ1) is 22.6. The van der Waals surface area contributed by atoms with E-state index >= 15 is 0 Å². The highest BCUT2D eigenvalue weighted by molar-refractivity contribution is 7.87. The number of hydrogen-bond acceptors (Lipinski definition) is 3. The first-order valence-corrected chi connectivity index (χ1v) is 11.3. The van der Waals surface area contributed by atoms with Gasteiger partial charge in [-0.25, -0.2) is 0 Å². The van der Waals surface area contributed by atoms with E-state index in [1.165, 1.54) is 0 Å². The number of hydrogen-bond donors (Lipinski definition) is 0. The largest absolute Gasteiger partial charge is 0.534 e. The molecule has 7 heteroatoms. The maximum Gasteiger partial charge on any atom is 0.534 e. The monoisotopic (exact) mass is 410 g/mol. The number of rotatable bonds is 6. The summed E-state index contributed by atoms with van der Waals surface area (Å²) in [6, 6.07) is 0. The minimum atomic E-state index is -5.60. The zero-order valence-electron chi connectivity index (χ0n) is 17.0. The van der Waals surface area contributed by atoms with Gasteiger partial charge in [0.2, 0.25) is 0 Å². The lowest BCUT2D eigenvalue weighted by atomic mass is 9.63. The van der Waals surface area contributed by atoms with E-state index in [2.05, 4.69) is 38.8 Å². The molecule has 0 N–H and O–H groups in total. The maximum absolute atomic E-state index is 12.7. The van der Waals surface area contributed by atoms with Gasteiger partial charge in [-0.15, -0.1) is 0 Å². The fourth-order valence-corrected chi connectivity index (χ4v) is 5.65. The van der Waals surface area contributed by atoms with Crippen molar-refractivity contribution >= 4 is 10.1 Å². The minimum absolute atomic E-state index is 0.00506. The summed E-state index contributed by atoms with van der Waals surface area (Å²) in [5.41, 5.74) is -5.30. The van der Waals surface area contributed by atoms with Crippen molar-refractivity contribution in [1.29, 1.82) is 0 Å². The molecule has 3 nitrogen and oxygen atoms in total. The van der Waals surface area contributed by atoms with Crippen LogP contribution in [0.2, 0.25) is 0 Å². The summed E-state index contributed by atoms with van der Waals surface area (Å²) in [6.45, 7) is 11.0. The molecule has 2 unspecified atom stereocenters. The molecule has 0 saturated heterocycles. The van der Waals surface area contributed by atoms with Crippen LogP contribution in [-0.4, -0.2) is 13.9 Å². The summed E-state index contributed by atoms with van der Waals surface area (Å²) in [5, 5.41) is 0. The third-order valence-electron chi connectivity index (χ3n) is 6.54. The Morgan fingerprint density at radius 2 is 1.89 bits per heavy atom. The standard InChI is InChI=1S/C20H33F3O3S/c1-14(8-6-12-18(2,3)4)15-10-11-16-17(9-7-13-19(15,16)5)26-27(24,25)20(21,22)23/h9,14-16H,6-8,10-13H2,1-5H3/t14-,15?,16?,19+/m0/s1. The number of allylic oxidation sites excluding steroid dienone is 2. The van der Waals surface area contributed by atoms with Crippen LogP contribution in [-0.2, 0) is 14.3 Å². The summed E-state index contributed by atoms with van der Waals surface area (Å²) >= 11 is 0. The lowest BCUT2D eigenvalue weighted by Crippen LogP contribution is -2.37. The predicted octanol–water partition coefficient (Wildman–Crippen LogP) is 6.42. The van der Waals surface area contributed by atoms with Crippen LogP contribution in [0.5, 0.6) is 0 Å². The van der Waals surface area contributed by atoms with Gasteiger partial charge >= 0.3 is 15.6 Å². The number of fused-ring (bicyclic) bond motifs is 1. The Morgan fingerprint density at radius 3 is 2.44 bits per heavy atom. The second-order valence-electron chi connectivity index (χ2n) is 9.80. The van der Waals surface area contributed by atoms with Gasteiger partial charge in [0, 0.05) is 5.92 Å². The normalized spacial score (nSPS) is 30.6. The van der Waals surface area contributed by atoms with Crippen LogP contribution in [0.25, 0.3) is 0 Å². The van der Waals surface area contributed by atoms with Gasteiger partial charge in [-0.05, 0) is 60.8 Å². The third-order valence-corrected chi connectivity index (χ3v) is 7.52. The van der Waals surface area contributed by atoms with E-state index in [1.807, 2.05) is 0 Å². The molecule has 1 fully saturated rings. The van der Waals surface area contributed by atoms with Crippen molar-refractivity contribution in [3.8, 4) is 0 Å². The Balaban J connectivity index is 2.09. The van der Waals surface area contributed by atoms with Gasteiger partial charge < -0.3 is 4.18 Å². The van der Waals surface area contributed by atoms with Crippen molar-refractivity contribution in [3.63, 3.8) is 0 Å². The first-order valence-electron chi connectivity index (χ1n) is 9.88. The van der Waals surface area contributed by atoms with Gasteiger partial charge in [-0.1, -0.05) is 47.5 Å². The van der Waals surface area contributed by atoms with E-state index in [9.17, 15) is 21.6 Å². The van der Waals surface area contributed by atoms with E-state index < -0.39 is 15.6 Å². The Kier molecular flexibility index (Phi) is 6.35. The highest BCUT2D eigenvalue weighted by Crippen LogP contribution is 2.59. The van der Waals surface area contributed by atoms with Gasteiger partial charge in [0.15, 0.2) is 0 Å². The average Bonchev–Trinajstić information content (AvgIpc) is 2.82. The van der Waals surface area contributed by atoms with Gasteiger partial charge in [0.25, 0.3) is 0 Å². The molecule has 0 amide bonds. The van der Waals surface area contributed by atoms with E-state index in [0.29, 0.717) is 30.1 Å². The molecule has 2 aliphatic rings. The molecule has 0 aliphatic heterocycles. The summed E-state index contributed by atoms with van der Waals surface area (Å²) in [7, 11) is -5.60. The fourth-order valence-electron chi connectivity index (χ4n) is 5.11. The van der Waals surface area contributed by atoms with Crippen molar-refractivity contribution < 1.29 is 25.8 Å². The Bertz CT molecular complexity index is 661. The topological polar surface area (TPSA) is 43.4 Å². The van der Waals surface area contributed by atoms with Crippen molar-refractivity contribution in [2.75, 3.05) is 0 Å². The smallest absolute Gasteiger partial charge is 0.381 e. The lowest BCUT2D eigenvalue weighted by molar-refractivity contribution is -0.0536. The molecule has 27 heavy (non-hydrogen) atoms. The van der Waals surface area contributed by atoms with Crippen molar-refractivity contribution in [1.82, 2.24) is 0 Å².